The van der Waals surface area contributed by atoms with E-state index in [0.29, 0.717) is 22.2 Å². The van der Waals surface area contributed by atoms with Crippen molar-refractivity contribution in [2.45, 2.75) is 26.6 Å². The lowest BCUT2D eigenvalue weighted by Gasteiger charge is -2.11. The zero-order chi connectivity index (χ0) is 20.8. The largest absolute Gasteiger partial charge is 0.416 e. The summed E-state index contributed by atoms with van der Waals surface area (Å²) in [6, 6.07) is 12.3. The van der Waals surface area contributed by atoms with Gasteiger partial charge in [0.25, 0.3) is 5.56 Å². The van der Waals surface area contributed by atoms with E-state index in [1.807, 2.05) is 31.2 Å². The summed E-state index contributed by atoms with van der Waals surface area (Å²) in [5.74, 6) is 0. The van der Waals surface area contributed by atoms with Gasteiger partial charge in [0.1, 0.15) is 5.52 Å². The number of para-hydroxylation sites is 1. The standard InChI is InChI=1S/C21H17F3N4O/c1-13-5-3-4-6-18(13)28-19-17(11-25-28)14(2)26-27(20(19)29)12-15-7-9-16(10-8-15)21(22,23)24/h3-11H,12H2,1-2H3. The maximum atomic E-state index is 13.1. The van der Waals surface area contributed by atoms with Crippen LogP contribution >= 0.6 is 0 Å². The SMILES string of the molecule is Cc1ccccc1-n1ncc2c(C)nn(Cc3ccc(C(F)(F)F)cc3)c(=O)c21. The molecule has 4 rings (SSSR count). The maximum Gasteiger partial charge on any atom is 0.416 e. The second-order valence-electron chi connectivity index (χ2n) is 6.85. The third-order valence-electron chi connectivity index (χ3n) is 4.82. The van der Waals surface area contributed by atoms with E-state index in [4.69, 9.17) is 0 Å². The number of fused-ring (bicyclic) bond motifs is 1. The van der Waals surface area contributed by atoms with Gasteiger partial charge in [0, 0.05) is 5.39 Å². The Morgan fingerprint density at radius 2 is 1.69 bits per heavy atom. The van der Waals surface area contributed by atoms with Crippen molar-refractivity contribution >= 4 is 10.9 Å². The molecule has 0 aliphatic rings. The second-order valence-corrected chi connectivity index (χ2v) is 6.85. The van der Waals surface area contributed by atoms with Crippen LogP contribution in [0.15, 0.2) is 59.5 Å². The summed E-state index contributed by atoms with van der Waals surface area (Å²) in [5.41, 5.74) is 2.21. The number of rotatable bonds is 3. The Labute approximate surface area is 164 Å². The van der Waals surface area contributed by atoms with Gasteiger partial charge in [0.2, 0.25) is 0 Å². The zero-order valence-corrected chi connectivity index (χ0v) is 15.7. The molecule has 2 aromatic heterocycles. The summed E-state index contributed by atoms with van der Waals surface area (Å²) in [6.07, 6.45) is -2.79. The van der Waals surface area contributed by atoms with Gasteiger partial charge in [-0.3, -0.25) is 4.79 Å². The van der Waals surface area contributed by atoms with E-state index in [2.05, 4.69) is 10.2 Å². The monoisotopic (exact) mass is 398 g/mol. The molecule has 148 valence electrons. The van der Waals surface area contributed by atoms with E-state index in [9.17, 15) is 18.0 Å². The van der Waals surface area contributed by atoms with Crippen LogP contribution in [-0.2, 0) is 12.7 Å². The van der Waals surface area contributed by atoms with Crippen molar-refractivity contribution in [1.82, 2.24) is 19.6 Å². The first kappa shape index (κ1) is 18.9. The van der Waals surface area contributed by atoms with E-state index >= 15 is 0 Å². The fourth-order valence-electron chi connectivity index (χ4n) is 3.28. The third kappa shape index (κ3) is 3.41. The van der Waals surface area contributed by atoms with Crippen molar-refractivity contribution in [2.24, 2.45) is 0 Å². The smallest absolute Gasteiger partial charge is 0.265 e. The molecule has 4 aromatic rings. The van der Waals surface area contributed by atoms with E-state index in [1.54, 1.807) is 17.8 Å². The van der Waals surface area contributed by atoms with E-state index in [-0.39, 0.29) is 12.1 Å². The van der Waals surface area contributed by atoms with Gasteiger partial charge < -0.3 is 0 Å². The Morgan fingerprint density at radius 1 is 1.00 bits per heavy atom. The van der Waals surface area contributed by atoms with Crippen LogP contribution in [0.25, 0.3) is 16.6 Å². The number of hydrogen-bond donors (Lipinski definition) is 0. The minimum atomic E-state index is -4.40. The lowest BCUT2D eigenvalue weighted by Crippen LogP contribution is -2.26. The fourth-order valence-corrected chi connectivity index (χ4v) is 3.28. The van der Waals surface area contributed by atoms with E-state index in [0.717, 1.165) is 23.4 Å². The second kappa shape index (κ2) is 6.88. The average Bonchev–Trinajstić information content (AvgIpc) is 3.12. The number of benzene rings is 2. The number of halogens is 3. The van der Waals surface area contributed by atoms with Crippen LogP contribution < -0.4 is 5.56 Å². The molecule has 0 unspecified atom stereocenters. The van der Waals surface area contributed by atoms with Gasteiger partial charge in [-0.1, -0.05) is 30.3 Å². The van der Waals surface area contributed by atoms with Gasteiger partial charge in [0.15, 0.2) is 0 Å². The van der Waals surface area contributed by atoms with Crippen molar-refractivity contribution in [1.29, 1.82) is 0 Å². The van der Waals surface area contributed by atoms with Gasteiger partial charge in [-0.15, -0.1) is 0 Å². The summed E-state index contributed by atoms with van der Waals surface area (Å²) in [7, 11) is 0. The fraction of sp³-hybridized carbons (Fsp3) is 0.190. The first-order valence-corrected chi connectivity index (χ1v) is 8.93. The number of aromatic nitrogens is 4. The molecule has 0 aliphatic carbocycles. The molecule has 0 fully saturated rings. The van der Waals surface area contributed by atoms with Crippen molar-refractivity contribution < 1.29 is 13.2 Å². The Balaban J connectivity index is 1.80. The normalized spacial score (nSPS) is 11.9. The van der Waals surface area contributed by atoms with Crippen molar-refractivity contribution in [2.75, 3.05) is 0 Å². The summed E-state index contributed by atoms with van der Waals surface area (Å²) in [4.78, 5) is 13.1. The maximum absolute atomic E-state index is 13.1. The molecule has 0 aliphatic heterocycles. The zero-order valence-electron chi connectivity index (χ0n) is 15.7. The third-order valence-corrected chi connectivity index (χ3v) is 4.82. The molecule has 5 nitrogen and oxygen atoms in total. The predicted octanol–water partition coefficient (Wildman–Crippen LogP) is 4.27. The molecule has 0 N–H and O–H groups in total. The van der Waals surface area contributed by atoms with Crippen molar-refractivity contribution in [3.8, 4) is 5.69 Å². The average molecular weight is 398 g/mol. The highest BCUT2D eigenvalue weighted by Crippen LogP contribution is 2.29. The number of alkyl halides is 3. The first-order chi connectivity index (χ1) is 13.8. The molecule has 0 amide bonds. The molecule has 29 heavy (non-hydrogen) atoms. The van der Waals surface area contributed by atoms with Gasteiger partial charge in [-0.05, 0) is 43.2 Å². The molecule has 0 bridgehead atoms. The Bertz CT molecular complexity index is 1250. The molecule has 2 aromatic carbocycles. The molecular formula is C21H17F3N4O. The molecule has 0 radical (unpaired) electrons. The van der Waals surface area contributed by atoms with Gasteiger partial charge in [-0.2, -0.15) is 23.4 Å². The number of nitrogens with zero attached hydrogens (tertiary/aromatic N) is 4. The van der Waals surface area contributed by atoms with Crippen molar-refractivity contribution in [3.05, 3.63) is 87.5 Å². The highest BCUT2D eigenvalue weighted by Gasteiger charge is 2.30. The lowest BCUT2D eigenvalue weighted by atomic mass is 10.1. The van der Waals surface area contributed by atoms with E-state index in [1.165, 1.54) is 16.8 Å². The van der Waals surface area contributed by atoms with Crippen LogP contribution in [0.4, 0.5) is 13.2 Å². The van der Waals surface area contributed by atoms with Crippen LogP contribution in [-0.4, -0.2) is 19.6 Å². The van der Waals surface area contributed by atoms with Gasteiger partial charge in [0.05, 0.1) is 29.7 Å². The Morgan fingerprint density at radius 3 is 2.34 bits per heavy atom. The van der Waals surface area contributed by atoms with Crippen LogP contribution in [0.5, 0.6) is 0 Å². The van der Waals surface area contributed by atoms with E-state index < -0.39 is 11.7 Å². The minimum absolute atomic E-state index is 0.0622. The van der Waals surface area contributed by atoms with Crippen LogP contribution in [0.3, 0.4) is 0 Å². The topological polar surface area (TPSA) is 52.7 Å². The molecular weight excluding hydrogens is 381 g/mol. The first-order valence-electron chi connectivity index (χ1n) is 8.93. The molecule has 0 spiro atoms. The lowest BCUT2D eigenvalue weighted by molar-refractivity contribution is -0.137. The minimum Gasteiger partial charge on any atom is -0.265 e. The van der Waals surface area contributed by atoms with Crippen LogP contribution in [0.1, 0.15) is 22.4 Å². The molecule has 0 saturated heterocycles. The highest BCUT2D eigenvalue weighted by molar-refractivity contribution is 5.81. The van der Waals surface area contributed by atoms with Crippen molar-refractivity contribution in [3.63, 3.8) is 0 Å². The summed E-state index contributed by atoms with van der Waals surface area (Å²) in [6.45, 7) is 3.76. The van der Waals surface area contributed by atoms with Crippen LogP contribution in [0, 0.1) is 13.8 Å². The number of hydrogen-bond acceptors (Lipinski definition) is 3. The quantitative estimate of drug-likeness (QED) is 0.518. The molecule has 8 heteroatoms. The molecule has 0 saturated carbocycles. The summed E-state index contributed by atoms with van der Waals surface area (Å²) < 4.78 is 41.1. The Kier molecular flexibility index (Phi) is 4.49. The predicted molar refractivity (Wildman–Crippen MR) is 103 cm³/mol. The van der Waals surface area contributed by atoms with Gasteiger partial charge in [-0.25, -0.2) is 9.36 Å². The molecule has 2 heterocycles. The summed E-state index contributed by atoms with van der Waals surface area (Å²) >= 11 is 0. The summed E-state index contributed by atoms with van der Waals surface area (Å²) in [5, 5.41) is 9.34. The highest BCUT2D eigenvalue weighted by atomic mass is 19.4. The molecule has 0 atom stereocenters. The Hall–Kier alpha value is -3.42. The van der Waals surface area contributed by atoms with Gasteiger partial charge >= 0.3 is 6.18 Å². The van der Waals surface area contributed by atoms with Crippen LogP contribution in [0.2, 0.25) is 0 Å². The number of aryl methyl sites for hydroxylation is 2.